The van der Waals surface area contributed by atoms with Crippen molar-refractivity contribution in [1.82, 2.24) is 10.2 Å². The molecule has 7 N–H and O–H groups in total. The van der Waals surface area contributed by atoms with Crippen molar-refractivity contribution < 1.29 is 34.6 Å². The van der Waals surface area contributed by atoms with Crippen LogP contribution in [0.1, 0.15) is 34.7 Å². The number of nitrogens with zero attached hydrogens (tertiary/aromatic N) is 1. The van der Waals surface area contributed by atoms with Gasteiger partial charge in [0.05, 0.1) is 6.04 Å². The summed E-state index contributed by atoms with van der Waals surface area (Å²) in [4.78, 5) is 25.1. The van der Waals surface area contributed by atoms with Crippen molar-refractivity contribution in [2.75, 3.05) is 19.6 Å². The number of carboxylic acid groups (broad SMARTS) is 1. The number of hydrogen-bond acceptors (Lipinski definition) is 8. The molecule has 4 rings (SSSR count). The third-order valence-corrected chi connectivity index (χ3v) is 6.14. The van der Waals surface area contributed by atoms with Gasteiger partial charge in [0.1, 0.15) is 23.2 Å². The summed E-state index contributed by atoms with van der Waals surface area (Å²) in [6.07, 6.45) is 0.889. The SMILES string of the molecule is NC(=O)[C@H]1C[C@@H](N2CC(Oc3ccc([C@H]4C[C@H]4B(O)O)c(O)c3C(=O)O)C2)CN1. The Balaban J connectivity index is 1.40. The van der Waals surface area contributed by atoms with Crippen LogP contribution in [0.2, 0.25) is 5.82 Å². The number of aromatic hydroxyl groups is 1. The van der Waals surface area contributed by atoms with E-state index in [1.165, 1.54) is 6.07 Å². The van der Waals surface area contributed by atoms with Crippen molar-refractivity contribution in [3.63, 3.8) is 0 Å². The highest BCUT2D eigenvalue weighted by Gasteiger charge is 2.48. The fourth-order valence-electron chi connectivity index (χ4n) is 4.33. The summed E-state index contributed by atoms with van der Waals surface area (Å²) >= 11 is 0. The van der Waals surface area contributed by atoms with Gasteiger partial charge in [-0.25, -0.2) is 4.79 Å². The van der Waals surface area contributed by atoms with E-state index >= 15 is 0 Å². The zero-order chi connectivity index (χ0) is 20.9. The summed E-state index contributed by atoms with van der Waals surface area (Å²) in [5.74, 6) is -2.66. The van der Waals surface area contributed by atoms with E-state index in [4.69, 9.17) is 10.5 Å². The number of benzene rings is 1. The molecular formula is C18H24BN3O7. The first-order valence-corrected chi connectivity index (χ1v) is 9.65. The summed E-state index contributed by atoms with van der Waals surface area (Å²) in [7, 11) is -1.50. The smallest absolute Gasteiger partial charge is 0.455 e. The van der Waals surface area contributed by atoms with Gasteiger partial charge in [-0.2, -0.15) is 0 Å². The number of nitrogens with one attached hydrogen (secondary N) is 1. The van der Waals surface area contributed by atoms with Gasteiger partial charge in [-0.1, -0.05) is 6.07 Å². The quantitative estimate of drug-likeness (QED) is 0.302. The van der Waals surface area contributed by atoms with Gasteiger partial charge in [0, 0.05) is 31.5 Å². The molecule has 11 heteroatoms. The van der Waals surface area contributed by atoms with E-state index in [1.54, 1.807) is 6.07 Å². The van der Waals surface area contributed by atoms with Crippen LogP contribution in [0.25, 0.3) is 0 Å². The molecule has 2 saturated heterocycles. The molecule has 0 bridgehead atoms. The third-order valence-electron chi connectivity index (χ3n) is 6.14. The van der Waals surface area contributed by atoms with Crippen molar-refractivity contribution in [2.24, 2.45) is 5.73 Å². The van der Waals surface area contributed by atoms with Crippen LogP contribution in [0.3, 0.4) is 0 Å². The van der Waals surface area contributed by atoms with Crippen molar-refractivity contribution in [2.45, 2.75) is 42.8 Å². The van der Waals surface area contributed by atoms with Gasteiger partial charge in [-0.3, -0.25) is 9.69 Å². The molecule has 2 aliphatic heterocycles. The molecule has 10 nitrogen and oxygen atoms in total. The lowest BCUT2D eigenvalue weighted by molar-refractivity contribution is -0.119. The lowest BCUT2D eigenvalue weighted by atomic mass is 9.81. The number of carboxylic acids is 1. The van der Waals surface area contributed by atoms with E-state index < -0.39 is 18.9 Å². The van der Waals surface area contributed by atoms with E-state index in [1.807, 2.05) is 0 Å². The van der Waals surface area contributed by atoms with Crippen LogP contribution in [-0.2, 0) is 4.79 Å². The predicted octanol–water partition coefficient (Wildman–Crippen LogP) is -1.30. The molecule has 1 aromatic rings. The minimum Gasteiger partial charge on any atom is -0.507 e. The van der Waals surface area contributed by atoms with Crippen LogP contribution in [0.15, 0.2) is 12.1 Å². The second kappa shape index (κ2) is 7.49. The van der Waals surface area contributed by atoms with Crippen molar-refractivity contribution in [1.29, 1.82) is 0 Å². The fraction of sp³-hybridized carbons (Fsp3) is 0.556. The highest BCUT2D eigenvalue weighted by molar-refractivity contribution is 6.44. The normalized spacial score (nSPS) is 29.3. The van der Waals surface area contributed by atoms with E-state index in [0.29, 0.717) is 38.0 Å². The molecule has 0 aromatic heterocycles. The summed E-state index contributed by atoms with van der Waals surface area (Å²) in [6.45, 7) is 1.83. The fourth-order valence-corrected chi connectivity index (χ4v) is 4.33. The average Bonchev–Trinajstić information content (AvgIpc) is 3.26. The number of carbonyl (C=O) groups is 2. The Morgan fingerprint density at radius 3 is 2.52 bits per heavy atom. The first kappa shape index (κ1) is 20.0. The van der Waals surface area contributed by atoms with E-state index in [0.717, 1.165) is 0 Å². The van der Waals surface area contributed by atoms with Crippen LogP contribution in [-0.4, -0.2) is 82.0 Å². The maximum Gasteiger partial charge on any atom is 0.455 e. The average molecular weight is 405 g/mol. The first-order valence-electron chi connectivity index (χ1n) is 9.65. The monoisotopic (exact) mass is 405 g/mol. The predicted molar refractivity (Wildman–Crippen MR) is 102 cm³/mol. The van der Waals surface area contributed by atoms with Crippen LogP contribution in [0, 0.1) is 0 Å². The largest absolute Gasteiger partial charge is 0.507 e. The number of carbonyl (C=O) groups excluding carboxylic acids is 1. The van der Waals surface area contributed by atoms with Crippen molar-refractivity contribution in [3.05, 3.63) is 23.3 Å². The van der Waals surface area contributed by atoms with Crippen LogP contribution in [0.5, 0.6) is 11.5 Å². The van der Waals surface area contributed by atoms with Crippen LogP contribution >= 0.6 is 0 Å². The second-order valence-electron chi connectivity index (χ2n) is 8.05. The summed E-state index contributed by atoms with van der Waals surface area (Å²) in [5, 5.41) is 41.6. The molecule has 1 amide bonds. The lowest BCUT2D eigenvalue weighted by Gasteiger charge is -2.42. The molecule has 2 heterocycles. The number of ether oxygens (including phenoxy) is 1. The Morgan fingerprint density at radius 1 is 1.24 bits per heavy atom. The number of primary amides is 1. The van der Waals surface area contributed by atoms with E-state index in [9.17, 15) is 29.9 Å². The maximum atomic E-state index is 11.7. The molecule has 0 unspecified atom stereocenters. The summed E-state index contributed by atoms with van der Waals surface area (Å²) < 4.78 is 5.82. The van der Waals surface area contributed by atoms with Gasteiger partial charge in [0.25, 0.3) is 0 Å². The van der Waals surface area contributed by atoms with Gasteiger partial charge in [-0.05, 0) is 30.4 Å². The molecule has 3 aliphatic rings. The molecule has 0 radical (unpaired) electrons. The number of hydrogen-bond donors (Lipinski definition) is 6. The maximum absolute atomic E-state index is 11.7. The lowest BCUT2D eigenvalue weighted by Crippen LogP contribution is -2.58. The topological polar surface area (TPSA) is 166 Å². The third kappa shape index (κ3) is 3.78. The number of phenols is 1. The highest BCUT2D eigenvalue weighted by atomic mass is 16.5. The van der Waals surface area contributed by atoms with E-state index in [2.05, 4.69) is 10.2 Å². The number of nitrogens with two attached hydrogens (primary N) is 1. The van der Waals surface area contributed by atoms with Crippen LogP contribution < -0.4 is 15.8 Å². The molecule has 0 spiro atoms. The second-order valence-corrected chi connectivity index (χ2v) is 8.05. The molecule has 3 fully saturated rings. The Hall–Kier alpha value is -2.34. The van der Waals surface area contributed by atoms with Crippen molar-refractivity contribution >= 4 is 19.0 Å². The Bertz CT molecular complexity index is 830. The molecular weight excluding hydrogens is 381 g/mol. The summed E-state index contributed by atoms with van der Waals surface area (Å²) in [6, 6.07) is 2.95. The minimum atomic E-state index is -1.50. The number of aromatic carboxylic acids is 1. The number of likely N-dealkylation sites (tertiary alicyclic amines) is 1. The zero-order valence-corrected chi connectivity index (χ0v) is 15.7. The molecule has 1 saturated carbocycles. The standard InChI is InChI=1S/C18H24BN3O7/c20-17(24)13-3-8(5-21-13)22-6-9(7-22)29-14-2-1-10(11-4-12(11)19(27)28)16(23)15(14)18(25)26/h1-2,8-9,11-13,21,23,27-28H,3-7H2,(H2,20,24)(H,25,26)/t8-,11-,12-,13-/m1/s1. The van der Waals surface area contributed by atoms with Gasteiger partial charge in [0.2, 0.25) is 5.91 Å². The Kier molecular flexibility index (Phi) is 5.15. The molecule has 4 atom stereocenters. The van der Waals surface area contributed by atoms with Gasteiger partial charge in [-0.15, -0.1) is 0 Å². The van der Waals surface area contributed by atoms with Gasteiger partial charge in [0.15, 0.2) is 0 Å². The zero-order valence-electron chi connectivity index (χ0n) is 15.7. The molecule has 1 aromatic carbocycles. The molecule has 1 aliphatic carbocycles. The molecule has 29 heavy (non-hydrogen) atoms. The van der Waals surface area contributed by atoms with Crippen molar-refractivity contribution in [3.8, 4) is 11.5 Å². The van der Waals surface area contributed by atoms with Gasteiger partial charge < -0.3 is 36.0 Å². The summed E-state index contributed by atoms with van der Waals surface area (Å²) in [5.41, 5.74) is 5.40. The van der Waals surface area contributed by atoms with E-state index in [-0.39, 0.29) is 47.1 Å². The Labute approximate surface area is 167 Å². The highest BCUT2D eigenvalue weighted by Crippen LogP contribution is 2.56. The van der Waals surface area contributed by atoms with Gasteiger partial charge >= 0.3 is 13.1 Å². The minimum absolute atomic E-state index is 0.0877. The molecule has 156 valence electrons. The number of amides is 1. The van der Waals surface area contributed by atoms with Crippen LogP contribution in [0.4, 0.5) is 0 Å². The number of rotatable bonds is 7. The Morgan fingerprint density at radius 2 is 1.97 bits per heavy atom. The first-order chi connectivity index (χ1) is 13.8.